The molecule has 0 radical (unpaired) electrons. The van der Waals surface area contributed by atoms with Crippen LogP contribution in [0.2, 0.25) is 0 Å². The van der Waals surface area contributed by atoms with Gasteiger partial charge in [-0.1, -0.05) is 0 Å². The van der Waals surface area contributed by atoms with Crippen LogP contribution in [0.3, 0.4) is 0 Å². The molecule has 1 aliphatic heterocycles. The number of carbonyl (C=O) groups excluding carboxylic acids is 1. The Kier molecular flexibility index (Phi) is 4.09. The molecule has 5 nitrogen and oxygen atoms in total. The molecule has 1 aromatic carbocycles. The van der Waals surface area contributed by atoms with Crippen molar-refractivity contribution in [1.82, 2.24) is 4.90 Å². The average Bonchev–Trinajstić information content (AvgIpc) is 2.67. The highest BCUT2D eigenvalue weighted by Gasteiger charge is 2.51. The fourth-order valence-corrected chi connectivity index (χ4v) is 2.63. The molecule has 0 saturated carbocycles. The van der Waals surface area contributed by atoms with Gasteiger partial charge in [0, 0.05) is 7.05 Å². The molecule has 0 aliphatic carbocycles. The maximum absolute atomic E-state index is 13.1. The Hall–Kier alpha value is -2.18. The Bertz CT molecular complexity index is 729. The Morgan fingerprint density at radius 3 is 2.48 bits per heavy atom. The first kappa shape index (κ1) is 17.2. The number of nitriles is 1. The quantitative estimate of drug-likeness (QED) is 0.831. The standard InChI is InChI=1S/C14H12F3N3O2S/c1-13(7-21)11(22)20(12(23)19(13)2)9-4-3-8(6-18)10(5-9)14(15,16)17/h3-5,21H,7H2,1-2H3. The topological polar surface area (TPSA) is 67.6 Å². The first-order valence-corrected chi connectivity index (χ1v) is 6.83. The summed E-state index contributed by atoms with van der Waals surface area (Å²) in [6.45, 7) is 0.900. The van der Waals surface area contributed by atoms with Crippen molar-refractivity contribution < 1.29 is 23.1 Å². The molecule has 1 fully saturated rings. The average molecular weight is 343 g/mol. The largest absolute Gasteiger partial charge is 0.417 e. The normalized spacial score (nSPS) is 21.8. The lowest BCUT2D eigenvalue weighted by atomic mass is 10.0. The van der Waals surface area contributed by atoms with Crippen molar-refractivity contribution in [2.24, 2.45) is 0 Å². The lowest BCUT2D eigenvalue weighted by Gasteiger charge is -2.26. The van der Waals surface area contributed by atoms with Gasteiger partial charge in [-0.15, -0.1) is 0 Å². The predicted octanol–water partition coefficient (Wildman–Crippen LogP) is 1.89. The van der Waals surface area contributed by atoms with Crippen LogP contribution in [-0.4, -0.2) is 40.2 Å². The van der Waals surface area contributed by atoms with Gasteiger partial charge in [0.2, 0.25) is 0 Å². The summed E-state index contributed by atoms with van der Waals surface area (Å²) in [4.78, 5) is 14.7. The monoisotopic (exact) mass is 343 g/mol. The minimum Gasteiger partial charge on any atom is -0.393 e. The van der Waals surface area contributed by atoms with Gasteiger partial charge in [-0.3, -0.25) is 9.69 Å². The SMILES string of the molecule is CN1C(=S)N(c2ccc(C#N)c(C(F)(F)F)c2)C(=O)C1(C)CO. The van der Waals surface area contributed by atoms with Crippen LogP contribution in [0.4, 0.5) is 18.9 Å². The number of likely N-dealkylation sites (N-methyl/N-ethyl adjacent to an activating group) is 1. The van der Waals surface area contributed by atoms with E-state index in [1.165, 1.54) is 31.0 Å². The zero-order valence-electron chi connectivity index (χ0n) is 12.2. The van der Waals surface area contributed by atoms with Crippen LogP contribution in [0.15, 0.2) is 18.2 Å². The molecule has 0 spiro atoms. The fourth-order valence-electron chi connectivity index (χ4n) is 2.24. The first-order chi connectivity index (χ1) is 10.6. The summed E-state index contributed by atoms with van der Waals surface area (Å²) in [7, 11) is 1.48. The second-order valence-corrected chi connectivity index (χ2v) is 5.62. The highest BCUT2D eigenvalue weighted by atomic mass is 32.1. The molecule has 9 heteroatoms. The summed E-state index contributed by atoms with van der Waals surface area (Å²) in [6, 6.07) is 4.39. The number of carbonyl (C=O) groups is 1. The first-order valence-electron chi connectivity index (χ1n) is 6.42. The van der Waals surface area contributed by atoms with Gasteiger partial charge in [-0.25, -0.2) is 0 Å². The molecule has 0 aromatic heterocycles. The minimum absolute atomic E-state index is 0.0237. The number of alkyl halides is 3. The molecule has 1 amide bonds. The summed E-state index contributed by atoms with van der Waals surface area (Å²) in [6.07, 6.45) is -4.74. The van der Waals surface area contributed by atoms with E-state index < -0.39 is 35.4 Å². The van der Waals surface area contributed by atoms with E-state index in [0.717, 1.165) is 11.0 Å². The zero-order chi connectivity index (χ0) is 17.6. The molecule has 1 aromatic rings. The molecular weight excluding hydrogens is 331 g/mol. The molecule has 1 saturated heterocycles. The number of thiocarbonyl (C=S) groups is 1. The third-order valence-electron chi connectivity index (χ3n) is 3.88. The predicted molar refractivity (Wildman–Crippen MR) is 79.5 cm³/mol. The second-order valence-electron chi connectivity index (χ2n) is 5.25. The maximum Gasteiger partial charge on any atom is 0.417 e. The van der Waals surface area contributed by atoms with Gasteiger partial charge < -0.3 is 10.0 Å². The molecule has 23 heavy (non-hydrogen) atoms. The van der Waals surface area contributed by atoms with Crippen molar-refractivity contribution >= 4 is 28.9 Å². The van der Waals surface area contributed by atoms with E-state index in [9.17, 15) is 23.1 Å². The summed E-state index contributed by atoms with van der Waals surface area (Å²) in [5.41, 5.74) is -3.13. The number of aliphatic hydroxyl groups excluding tert-OH is 1. The number of benzene rings is 1. The molecular formula is C14H12F3N3O2S. The lowest BCUT2D eigenvalue weighted by Crippen LogP contribution is -2.48. The summed E-state index contributed by atoms with van der Waals surface area (Å²) in [5.74, 6) is -0.634. The molecule has 1 atom stereocenters. The van der Waals surface area contributed by atoms with Crippen LogP contribution in [-0.2, 0) is 11.0 Å². The van der Waals surface area contributed by atoms with E-state index in [0.29, 0.717) is 6.07 Å². The number of anilines is 1. The lowest BCUT2D eigenvalue weighted by molar-refractivity contribution is -0.137. The van der Waals surface area contributed by atoms with Crippen molar-refractivity contribution in [3.05, 3.63) is 29.3 Å². The molecule has 0 bridgehead atoms. The number of rotatable bonds is 2. The van der Waals surface area contributed by atoms with E-state index in [1.54, 1.807) is 0 Å². The van der Waals surface area contributed by atoms with Crippen LogP contribution in [0.5, 0.6) is 0 Å². The van der Waals surface area contributed by atoms with Crippen LogP contribution >= 0.6 is 12.2 Å². The van der Waals surface area contributed by atoms with E-state index in [-0.39, 0.29) is 10.8 Å². The summed E-state index contributed by atoms with van der Waals surface area (Å²) < 4.78 is 39.2. The Labute approximate surface area is 135 Å². The van der Waals surface area contributed by atoms with Crippen molar-refractivity contribution in [3.8, 4) is 6.07 Å². The van der Waals surface area contributed by atoms with Crippen molar-refractivity contribution in [3.63, 3.8) is 0 Å². The molecule has 1 aliphatic rings. The van der Waals surface area contributed by atoms with Gasteiger partial charge in [-0.05, 0) is 37.3 Å². The van der Waals surface area contributed by atoms with E-state index >= 15 is 0 Å². The van der Waals surface area contributed by atoms with Crippen molar-refractivity contribution in [1.29, 1.82) is 5.26 Å². The zero-order valence-corrected chi connectivity index (χ0v) is 13.0. The third kappa shape index (κ3) is 2.54. The van der Waals surface area contributed by atoms with Crippen LogP contribution in [0.1, 0.15) is 18.1 Å². The van der Waals surface area contributed by atoms with E-state index in [2.05, 4.69) is 0 Å². The number of hydrogen-bond acceptors (Lipinski definition) is 4. The van der Waals surface area contributed by atoms with Gasteiger partial charge in [0.1, 0.15) is 5.54 Å². The number of hydrogen-bond donors (Lipinski definition) is 1. The Balaban J connectivity index is 2.58. The third-order valence-corrected chi connectivity index (χ3v) is 4.33. The molecule has 2 rings (SSSR count). The van der Waals surface area contributed by atoms with Gasteiger partial charge in [0.15, 0.2) is 5.11 Å². The number of aliphatic hydroxyl groups is 1. The highest BCUT2D eigenvalue weighted by molar-refractivity contribution is 7.80. The number of amides is 1. The van der Waals surface area contributed by atoms with Crippen LogP contribution < -0.4 is 4.90 Å². The smallest absolute Gasteiger partial charge is 0.393 e. The highest BCUT2D eigenvalue weighted by Crippen LogP contribution is 2.37. The molecule has 1 heterocycles. The maximum atomic E-state index is 13.1. The Morgan fingerprint density at radius 1 is 1.43 bits per heavy atom. The van der Waals surface area contributed by atoms with Crippen molar-refractivity contribution in [2.75, 3.05) is 18.6 Å². The van der Waals surface area contributed by atoms with Crippen molar-refractivity contribution in [2.45, 2.75) is 18.6 Å². The number of halogens is 3. The second kappa shape index (κ2) is 5.47. The molecule has 1 unspecified atom stereocenters. The summed E-state index contributed by atoms with van der Waals surface area (Å²) >= 11 is 5.11. The van der Waals surface area contributed by atoms with Gasteiger partial charge in [0.25, 0.3) is 5.91 Å². The van der Waals surface area contributed by atoms with Gasteiger partial charge >= 0.3 is 6.18 Å². The van der Waals surface area contributed by atoms with Gasteiger partial charge in [0.05, 0.1) is 29.5 Å². The van der Waals surface area contributed by atoms with Crippen LogP contribution in [0.25, 0.3) is 0 Å². The number of nitrogens with zero attached hydrogens (tertiary/aromatic N) is 3. The van der Waals surface area contributed by atoms with E-state index in [1.807, 2.05) is 0 Å². The summed E-state index contributed by atoms with van der Waals surface area (Å²) in [5, 5.41) is 18.2. The Morgan fingerprint density at radius 2 is 2.04 bits per heavy atom. The van der Waals surface area contributed by atoms with Crippen LogP contribution in [0, 0.1) is 11.3 Å². The fraction of sp³-hybridized carbons (Fsp3) is 0.357. The van der Waals surface area contributed by atoms with Gasteiger partial charge in [-0.2, -0.15) is 18.4 Å². The minimum atomic E-state index is -4.74. The molecule has 1 N–H and O–H groups in total. The van der Waals surface area contributed by atoms with E-state index in [4.69, 9.17) is 17.5 Å². The molecule has 122 valence electrons.